The van der Waals surface area contributed by atoms with Crippen molar-refractivity contribution in [3.63, 3.8) is 0 Å². The highest BCUT2D eigenvalue weighted by Crippen LogP contribution is 2.42. The lowest BCUT2D eigenvalue weighted by molar-refractivity contribution is 1.63. The standard InChI is InChI=1S/C12H5Cl4Si/c13-9-5-8(10(14)12(16)11(9)15)6-1-3-7(17)4-2-6/h1-5H. The molecule has 17 heavy (non-hydrogen) atoms. The maximum atomic E-state index is 6.16. The fourth-order valence-electron chi connectivity index (χ4n) is 1.43. The summed E-state index contributed by atoms with van der Waals surface area (Å²) in [6, 6.07) is 9.38. The molecule has 85 valence electrons. The third-order valence-corrected chi connectivity index (χ3v) is 4.38. The Labute approximate surface area is 123 Å². The summed E-state index contributed by atoms with van der Waals surface area (Å²) in [6.07, 6.45) is 0. The van der Waals surface area contributed by atoms with Gasteiger partial charge in [-0.3, -0.25) is 0 Å². The quantitative estimate of drug-likeness (QED) is 0.404. The molecule has 0 saturated carbocycles. The molecule has 0 nitrogen and oxygen atoms in total. The van der Waals surface area contributed by atoms with Gasteiger partial charge in [0.05, 0.1) is 30.3 Å². The van der Waals surface area contributed by atoms with Crippen LogP contribution < -0.4 is 5.19 Å². The average molecular weight is 319 g/mol. The van der Waals surface area contributed by atoms with Crippen molar-refractivity contribution in [2.45, 2.75) is 0 Å². The van der Waals surface area contributed by atoms with E-state index >= 15 is 0 Å². The van der Waals surface area contributed by atoms with Gasteiger partial charge in [0.15, 0.2) is 0 Å². The number of benzene rings is 2. The van der Waals surface area contributed by atoms with Crippen LogP contribution in [0.5, 0.6) is 0 Å². The lowest BCUT2D eigenvalue weighted by atomic mass is 10.1. The van der Waals surface area contributed by atoms with E-state index in [2.05, 4.69) is 10.2 Å². The van der Waals surface area contributed by atoms with Gasteiger partial charge in [-0.1, -0.05) is 75.9 Å². The predicted molar refractivity (Wildman–Crippen MR) is 77.3 cm³/mol. The molecule has 0 N–H and O–H groups in total. The Balaban J connectivity index is 2.64. The molecular formula is C12H5Cl4Si. The summed E-state index contributed by atoms with van der Waals surface area (Å²) in [7, 11) is 3.42. The Kier molecular flexibility index (Phi) is 4.06. The van der Waals surface area contributed by atoms with Gasteiger partial charge in [-0.15, -0.1) is 0 Å². The Morgan fingerprint density at radius 2 is 1.35 bits per heavy atom. The summed E-state index contributed by atoms with van der Waals surface area (Å²) in [6.45, 7) is 0. The van der Waals surface area contributed by atoms with Crippen LogP contribution in [0.3, 0.4) is 0 Å². The monoisotopic (exact) mass is 317 g/mol. The van der Waals surface area contributed by atoms with Gasteiger partial charge in [-0.25, -0.2) is 0 Å². The second-order valence-corrected chi connectivity index (χ2v) is 5.54. The number of hydrogen-bond acceptors (Lipinski definition) is 0. The van der Waals surface area contributed by atoms with Crippen LogP contribution >= 0.6 is 46.4 Å². The van der Waals surface area contributed by atoms with Crippen LogP contribution in [-0.2, 0) is 0 Å². The second-order valence-electron chi connectivity index (χ2n) is 3.43. The van der Waals surface area contributed by atoms with Gasteiger partial charge in [0.25, 0.3) is 0 Å². The van der Waals surface area contributed by atoms with Crippen molar-refractivity contribution < 1.29 is 0 Å². The fraction of sp³-hybridized carbons (Fsp3) is 0. The summed E-state index contributed by atoms with van der Waals surface area (Å²) in [5, 5.41) is 2.33. The average Bonchev–Trinajstić information content (AvgIpc) is 2.32. The minimum Gasteiger partial charge on any atom is -0.0826 e. The lowest BCUT2D eigenvalue weighted by Crippen LogP contribution is -1.99. The van der Waals surface area contributed by atoms with Crippen LogP contribution in [0.2, 0.25) is 20.1 Å². The Morgan fingerprint density at radius 3 is 1.94 bits per heavy atom. The normalized spacial score (nSPS) is 10.6. The maximum Gasteiger partial charge on any atom is 0.0800 e. The Bertz CT molecular complexity index is 564. The first-order valence-corrected chi connectivity index (χ1v) is 6.67. The van der Waals surface area contributed by atoms with Crippen LogP contribution in [0, 0.1) is 0 Å². The number of rotatable bonds is 1. The SMILES string of the molecule is [Si]c1ccc(-c2cc(Cl)c(Cl)c(Cl)c2Cl)cc1. The van der Waals surface area contributed by atoms with E-state index in [9.17, 15) is 0 Å². The first-order chi connectivity index (χ1) is 8.00. The van der Waals surface area contributed by atoms with Crippen molar-refractivity contribution >= 4 is 61.8 Å². The van der Waals surface area contributed by atoms with Gasteiger partial charge in [0, 0.05) is 5.56 Å². The molecule has 0 heterocycles. The van der Waals surface area contributed by atoms with Crippen molar-refractivity contribution in [1.29, 1.82) is 0 Å². The molecule has 2 aromatic rings. The summed E-state index contributed by atoms with van der Waals surface area (Å²) >= 11 is 24.1. The molecule has 0 aliphatic carbocycles. The van der Waals surface area contributed by atoms with E-state index in [0.29, 0.717) is 10.0 Å². The Morgan fingerprint density at radius 1 is 0.765 bits per heavy atom. The molecule has 0 spiro atoms. The van der Waals surface area contributed by atoms with Crippen molar-refractivity contribution in [2.75, 3.05) is 0 Å². The van der Waals surface area contributed by atoms with Crippen LogP contribution in [0.15, 0.2) is 30.3 Å². The van der Waals surface area contributed by atoms with Crippen molar-refractivity contribution in [1.82, 2.24) is 0 Å². The van der Waals surface area contributed by atoms with Crippen LogP contribution in [0.1, 0.15) is 0 Å². The molecule has 5 heteroatoms. The van der Waals surface area contributed by atoms with Crippen LogP contribution in [0.25, 0.3) is 11.1 Å². The maximum absolute atomic E-state index is 6.16. The molecule has 0 bridgehead atoms. The van der Waals surface area contributed by atoms with Crippen molar-refractivity contribution in [3.05, 3.63) is 50.4 Å². The van der Waals surface area contributed by atoms with Gasteiger partial charge >= 0.3 is 0 Å². The van der Waals surface area contributed by atoms with Crippen molar-refractivity contribution in [3.8, 4) is 11.1 Å². The predicted octanol–water partition coefficient (Wildman–Crippen LogP) is 4.76. The van der Waals surface area contributed by atoms with Gasteiger partial charge in [0.1, 0.15) is 0 Å². The van der Waals surface area contributed by atoms with Gasteiger partial charge in [0.2, 0.25) is 0 Å². The first-order valence-electron chi connectivity index (χ1n) is 4.65. The van der Waals surface area contributed by atoms with E-state index in [1.165, 1.54) is 0 Å². The molecule has 0 saturated heterocycles. The molecule has 2 rings (SSSR count). The Hall–Kier alpha value is -0.183. The van der Waals surface area contributed by atoms with E-state index in [-0.39, 0.29) is 10.0 Å². The topological polar surface area (TPSA) is 0 Å². The largest absolute Gasteiger partial charge is 0.0826 e. The lowest BCUT2D eigenvalue weighted by Gasteiger charge is -2.09. The van der Waals surface area contributed by atoms with Gasteiger partial charge in [-0.2, -0.15) is 0 Å². The minimum absolute atomic E-state index is 0.276. The fourth-order valence-corrected chi connectivity index (χ4v) is 2.51. The summed E-state index contributed by atoms with van der Waals surface area (Å²) in [5.41, 5.74) is 1.69. The number of hydrogen-bond donors (Lipinski definition) is 0. The zero-order valence-corrected chi connectivity index (χ0v) is 12.4. The third-order valence-electron chi connectivity index (χ3n) is 2.30. The first kappa shape index (κ1) is 13.3. The number of halogens is 4. The molecule has 0 unspecified atom stereocenters. The molecule has 0 atom stereocenters. The molecule has 3 radical (unpaired) electrons. The van der Waals surface area contributed by atoms with E-state index in [4.69, 9.17) is 46.4 Å². The molecular weight excluding hydrogens is 314 g/mol. The highest BCUT2D eigenvalue weighted by molar-refractivity contribution is 6.52. The summed E-state index contributed by atoms with van der Waals surface area (Å²) in [4.78, 5) is 0. The van der Waals surface area contributed by atoms with E-state index in [1.54, 1.807) is 6.07 Å². The second kappa shape index (κ2) is 5.21. The zero-order chi connectivity index (χ0) is 12.6. The van der Waals surface area contributed by atoms with Crippen molar-refractivity contribution in [2.24, 2.45) is 0 Å². The molecule has 2 aromatic carbocycles. The molecule has 0 fully saturated rings. The van der Waals surface area contributed by atoms with E-state index < -0.39 is 0 Å². The highest BCUT2D eigenvalue weighted by Gasteiger charge is 2.14. The molecule has 0 amide bonds. The smallest absolute Gasteiger partial charge is 0.0800 e. The van der Waals surface area contributed by atoms with Gasteiger partial charge in [-0.05, 0) is 11.6 Å². The van der Waals surface area contributed by atoms with Crippen LogP contribution in [-0.4, -0.2) is 10.2 Å². The highest BCUT2D eigenvalue weighted by atomic mass is 35.5. The van der Waals surface area contributed by atoms with E-state index in [0.717, 1.165) is 16.3 Å². The molecule has 0 aromatic heterocycles. The summed E-state index contributed by atoms with van der Waals surface area (Å²) < 4.78 is 0. The minimum atomic E-state index is 0.276. The zero-order valence-electron chi connectivity index (χ0n) is 8.40. The summed E-state index contributed by atoms with van der Waals surface area (Å²) in [5.74, 6) is 0. The van der Waals surface area contributed by atoms with Crippen LogP contribution in [0.4, 0.5) is 0 Å². The third kappa shape index (κ3) is 2.64. The molecule has 0 aliphatic heterocycles. The molecule has 0 aliphatic rings. The van der Waals surface area contributed by atoms with E-state index in [1.807, 2.05) is 24.3 Å². The van der Waals surface area contributed by atoms with Gasteiger partial charge < -0.3 is 0 Å².